The second-order valence-electron chi connectivity index (χ2n) is 6.93. The quantitative estimate of drug-likeness (QED) is 0.567. The van der Waals surface area contributed by atoms with Gasteiger partial charge in [0.15, 0.2) is 11.6 Å². The van der Waals surface area contributed by atoms with Crippen LogP contribution < -0.4 is 4.72 Å². The Morgan fingerprint density at radius 1 is 1.14 bits per heavy atom. The topological polar surface area (TPSA) is 81.8 Å². The Labute approximate surface area is 158 Å². The lowest BCUT2D eigenvalue weighted by atomic mass is 10.3. The second kappa shape index (κ2) is 5.74. The van der Waals surface area contributed by atoms with E-state index in [2.05, 4.69) is 14.7 Å². The van der Waals surface area contributed by atoms with Crippen molar-refractivity contribution >= 4 is 37.8 Å². The Kier molecular flexibility index (Phi) is 3.51. The van der Waals surface area contributed by atoms with Crippen LogP contribution in [-0.4, -0.2) is 33.8 Å². The molecule has 1 aliphatic carbocycles. The molecule has 10 heteroatoms. The number of halogens is 2. The summed E-state index contributed by atoms with van der Waals surface area (Å²) in [6.07, 6.45) is 4.31. The van der Waals surface area contributed by atoms with Crippen LogP contribution in [0.25, 0.3) is 28.0 Å². The summed E-state index contributed by atoms with van der Waals surface area (Å²) in [5.74, 6) is -1.43. The van der Waals surface area contributed by atoms with Gasteiger partial charge in [-0.15, -0.1) is 0 Å². The third-order valence-corrected chi connectivity index (χ3v) is 5.31. The molecule has 1 saturated carbocycles. The first-order valence-electron chi connectivity index (χ1n) is 8.63. The number of sulfonamides is 1. The Morgan fingerprint density at radius 2 is 1.89 bits per heavy atom. The summed E-state index contributed by atoms with van der Waals surface area (Å²) in [6, 6.07) is 7.48. The predicted octanol–water partition coefficient (Wildman–Crippen LogP) is 3.36. The fourth-order valence-electron chi connectivity index (χ4n) is 3.40. The Bertz CT molecular complexity index is 1360. The van der Waals surface area contributed by atoms with E-state index in [1.807, 2.05) is 0 Å². The first-order valence-corrected chi connectivity index (χ1v) is 10.5. The third-order valence-electron chi connectivity index (χ3n) is 4.70. The largest absolute Gasteiger partial charge is 0.304 e. The minimum absolute atomic E-state index is 0.0334. The number of benzene rings is 2. The Hall–Kier alpha value is -3.01. The number of aromatic nitrogens is 4. The van der Waals surface area contributed by atoms with Crippen LogP contribution in [0.1, 0.15) is 18.9 Å². The first kappa shape index (κ1) is 17.1. The zero-order chi connectivity index (χ0) is 19.6. The highest BCUT2D eigenvalue weighted by molar-refractivity contribution is 7.92. The predicted molar refractivity (Wildman–Crippen MR) is 101 cm³/mol. The van der Waals surface area contributed by atoms with Gasteiger partial charge in [0.25, 0.3) is 0 Å². The van der Waals surface area contributed by atoms with E-state index >= 15 is 0 Å². The number of anilines is 1. The van der Waals surface area contributed by atoms with Crippen LogP contribution in [0, 0.1) is 11.6 Å². The lowest BCUT2D eigenvalue weighted by Gasteiger charge is -2.10. The van der Waals surface area contributed by atoms with Crippen LogP contribution in [-0.2, 0) is 10.0 Å². The SMILES string of the molecule is CS(=O)(=O)Nc1ccc2ncn(-c3nc4ccc(F)c(F)c4n3C3CC3)c2c1. The zero-order valence-electron chi connectivity index (χ0n) is 14.7. The molecule has 2 heterocycles. The van der Waals surface area contributed by atoms with E-state index < -0.39 is 21.7 Å². The van der Waals surface area contributed by atoms with Crippen LogP contribution in [0.3, 0.4) is 0 Å². The minimum atomic E-state index is -3.44. The van der Waals surface area contributed by atoms with Gasteiger partial charge in [-0.3, -0.25) is 9.29 Å². The van der Waals surface area contributed by atoms with E-state index in [0.717, 1.165) is 25.2 Å². The maximum Gasteiger partial charge on any atom is 0.229 e. The van der Waals surface area contributed by atoms with Crippen LogP contribution in [0.5, 0.6) is 0 Å². The van der Waals surface area contributed by atoms with Gasteiger partial charge in [0.2, 0.25) is 16.0 Å². The van der Waals surface area contributed by atoms with Gasteiger partial charge in [-0.25, -0.2) is 27.2 Å². The number of rotatable bonds is 4. The lowest BCUT2D eigenvalue weighted by molar-refractivity contribution is 0.511. The molecular formula is C18H15F2N5O2S. The van der Waals surface area contributed by atoms with Gasteiger partial charge in [-0.05, 0) is 43.2 Å². The summed E-state index contributed by atoms with van der Waals surface area (Å²) in [5.41, 5.74) is 2.09. The molecule has 1 N–H and O–H groups in total. The molecule has 0 unspecified atom stereocenters. The number of imidazole rings is 2. The number of hydrogen-bond acceptors (Lipinski definition) is 4. The Balaban J connectivity index is 1.76. The summed E-state index contributed by atoms with van der Waals surface area (Å²) in [4.78, 5) is 8.84. The van der Waals surface area contributed by atoms with E-state index in [-0.39, 0.29) is 11.6 Å². The molecule has 0 radical (unpaired) electrons. The van der Waals surface area contributed by atoms with Crippen LogP contribution in [0.4, 0.5) is 14.5 Å². The maximum absolute atomic E-state index is 14.5. The molecule has 1 fully saturated rings. The molecule has 0 aliphatic heterocycles. The van der Waals surface area contributed by atoms with E-state index in [9.17, 15) is 17.2 Å². The summed E-state index contributed by atoms with van der Waals surface area (Å²) in [7, 11) is -3.44. The van der Waals surface area contributed by atoms with Crippen molar-refractivity contribution in [3.63, 3.8) is 0 Å². The fraction of sp³-hybridized carbons (Fsp3) is 0.222. The van der Waals surface area contributed by atoms with Gasteiger partial charge >= 0.3 is 0 Å². The maximum atomic E-state index is 14.5. The number of hydrogen-bond donors (Lipinski definition) is 1. The van der Waals surface area contributed by atoms with Gasteiger partial charge in [0.05, 0.1) is 28.5 Å². The number of nitrogens with one attached hydrogen (secondary N) is 1. The molecule has 144 valence electrons. The number of fused-ring (bicyclic) bond motifs is 2. The van der Waals surface area contributed by atoms with Crippen molar-refractivity contribution in [3.05, 3.63) is 48.3 Å². The molecule has 2 aromatic carbocycles. The van der Waals surface area contributed by atoms with Gasteiger partial charge in [0.1, 0.15) is 11.8 Å². The van der Waals surface area contributed by atoms with E-state index in [1.54, 1.807) is 33.7 Å². The van der Waals surface area contributed by atoms with Crippen molar-refractivity contribution in [3.8, 4) is 5.95 Å². The van der Waals surface area contributed by atoms with Crippen molar-refractivity contribution in [1.29, 1.82) is 0 Å². The molecule has 0 spiro atoms. The fourth-order valence-corrected chi connectivity index (χ4v) is 3.96. The summed E-state index contributed by atoms with van der Waals surface area (Å²) >= 11 is 0. The molecule has 0 saturated heterocycles. The van der Waals surface area contributed by atoms with Gasteiger partial charge in [-0.2, -0.15) is 0 Å². The lowest BCUT2D eigenvalue weighted by Crippen LogP contribution is -2.09. The second-order valence-corrected chi connectivity index (χ2v) is 8.68. The average molecular weight is 403 g/mol. The summed E-state index contributed by atoms with van der Waals surface area (Å²) in [6.45, 7) is 0. The number of nitrogens with zero attached hydrogens (tertiary/aromatic N) is 4. The monoisotopic (exact) mass is 403 g/mol. The minimum Gasteiger partial charge on any atom is -0.304 e. The molecule has 7 nitrogen and oxygen atoms in total. The molecule has 4 aromatic rings. The van der Waals surface area contributed by atoms with Crippen LogP contribution in [0.15, 0.2) is 36.7 Å². The van der Waals surface area contributed by atoms with Gasteiger partial charge in [0, 0.05) is 6.04 Å². The smallest absolute Gasteiger partial charge is 0.229 e. The summed E-state index contributed by atoms with van der Waals surface area (Å²) in [5, 5.41) is 0. The van der Waals surface area contributed by atoms with Crippen molar-refractivity contribution in [1.82, 2.24) is 19.1 Å². The highest BCUT2D eigenvalue weighted by atomic mass is 32.2. The highest BCUT2D eigenvalue weighted by Crippen LogP contribution is 2.41. The van der Waals surface area contributed by atoms with E-state index in [4.69, 9.17) is 0 Å². The molecule has 0 amide bonds. The van der Waals surface area contributed by atoms with Gasteiger partial charge in [-0.1, -0.05) is 0 Å². The van der Waals surface area contributed by atoms with Crippen LogP contribution in [0.2, 0.25) is 0 Å². The molecule has 0 atom stereocenters. The summed E-state index contributed by atoms with van der Waals surface area (Å²) < 4.78 is 57.2. The normalized spacial score (nSPS) is 14.8. The van der Waals surface area contributed by atoms with Crippen molar-refractivity contribution in [2.45, 2.75) is 18.9 Å². The van der Waals surface area contributed by atoms with Crippen molar-refractivity contribution in [2.24, 2.45) is 0 Å². The zero-order valence-corrected chi connectivity index (χ0v) is 15.5. The molecule has 0 bridgehead atoms. The van der Waals surface area contributed by atoms with Crippen LogP contribution >= 0.6 is 0 Å². The van der Waals surface area contributed by atoms with E-state index in [1.165, 1.54) is 6.07 Å². The third kappa shape index (κ3) is 2.71. The Morgan fingerprint density at radius 3 is 2.61 bits per heavy atom. The van der Waals surface area contributed by atoms with E-state index in [0.29, 0.717) is 28.2 Å². The first-order chi connectivity index (χ1) is 13.3. The molecular weight excluding hydrogens is 388 g/mol. The van der Waals surface area contributed by atoms with Gasteiger partial charge < -0.3 is 4.57 Å². The average Bonchev–Trinajstić information content (AvgIpc) is 3.26. The van der Waals surface area contributed by atoms with Crippen molar-refractivity contribution in [2.75, 3.05) is 11.0 Å². The molecule has 1 aliphatic rings. The molecule has 2 aromatic heterocycles. The molecule has 5 rings (SSSR count). The van der Waals surface area contributed by atoms with Crippen molar-refractivity contribution < 1.29 is 17.2 Å². The standard InChI is InChI=1S/C18H15F2N5O2S/c1-28(26,27)23-10-2-6-13-15(8-10)24(9-21-13)18-22-14-7-5-12(19)16(20)17(14)25(18)11-3-4-11/h2,5-9,11,23H,3-4H2,1H3. The highest BCUT2D eigenvalue weighted by Gasteiger charge is 2.31. The molecule has 28 heavy (non-hydrogen) atoms.